The molecule has 0 fully saturated rings. The molecule has 1 amide bonds. The van der Waals surface area contributed by atoms with Crippen LogP contribution in [0.25, 0.3) is 38.4 Å². The molecule has 5 aromatic rings. The molecule has 0 spiro atoms. The maximum Gasteiger partial charge on any atom is 0.248 e. The summed E-state index contributed by atoms with van der Waals surface area (Å²) in [4.78, 5) is 16.7. The van der Waals surface area contributed by atoms with Crippen LogP contribution in [-0.4, -0.2) is 17.5 Å². The molecule has 0 radical (unpaired) electrons. The number of furan rings is 1. The fourth-order valence-electron chi connectivity index (χ4n) is 4.41. The molecular weight excluding hydrogens is 436 g/mol. The van der Waals surface area contributed by atoms with E-state index in [1.807, 2.05) is 32.9 Å². The summed E-state index contributed by atoms with van der Waals surface area (Å²) in [5, 5.41) is 6.21. The number of allylic oxidation sites excluding steroid dienone is 1. The summed E-state index contributed by atoms with van der Waals surface area (Å²) in [6.07, 6.45) is 6.67. The Bertz CT molecular complexity index is 1570. The fourth-order valence-corrected chi connectivity index (χ4v) is 4.41. The zero-order chi connectivity index (χ0) is 24.4. The van der Waals surface area contributed by atoms with Gasteiger partial charge in [-0.3, -0.25) is 9.78 Å². The van der Waals surface area contributed by atoms with E-state index < -0.39 is 0 Å². The lowest BCUT2D eigenvalue weighted by molar-refractivity contribution is -0.111. The number of aryl methyl sites for hydroxylation is 1. The van der Waals surface area contributed by atoms with E-state index in [1.54, 1.807) is 36.9 Å². The summed E-state index contributed by atoms with van der Waals surface area (Å²) < 4.78 is 12.1. The van der Waals surface area contributed by atoms with E-state index in [1.165, 1.54) is 10.8 Å². The van der Waals surface area contributed by atoms with Gasteiger partial charge in [-0.1, -0.05) is 36.4 Å². The van der Waals surface area contributed by atoms with Gasteiger partial charge in [-0.2, -0.15) is 0 Å². The van der Waals surface area contributed by atoms with Crippen LogP contribution in [0, 0.1) is 6.92 Å². The topological polar surface area (TPSA) is 64.4 Å². The van der Waals surface area contributed by atoms with Crippen LogP contribution in [0.1, 0.15) is 25.0 Å². The highest BCUT2D eigenvalue weighted by Gasteiger charge is 2.19. The van der Waals surface area contributed by atoms with Crippen molar-refractivity contribution in [3.05, 3.63) is 96.5 Å². The number of ether oxygens (including phenoxy) is 1. The summed E-state index contributed by atoms with van der Waals surface area (Å²) in [5.41, 5.74) is 6.08. The number of rotatable bonds is 6. The first-order valence-electron chi connectivity index (χ1n) is 11.6. The van der Waals surface area contributed by atoms with Crippen LogP contribution >= 0.6 is 0 Å². The number of hydrogen-bond acceptors (Lipinski definition) is 4. The summed E-state index contributed by atoms with van der Waals surface area (Å²) in [6, 6.07) is 20.4. The third kappa shape index (κ3) is 4.41. The van der Waals surface area contributed by atoms with E-state index in [4.69, 9.17) is 9.15 Å². The van der Waals surface area contributed by atoms with Crippen LogP contribution in [0.15, 0.2) is 89.8 Å². The fraction of sp³-hybridized carbons (Fsp3) is 0.133. The van der Waals surface area contributed by atoms with Gasteiger partial charge in [-0.25, -0.2) is 0 Å². The number of nitrogens with one attached hydrogen (secondary N) is 1. The van der Waals surface area contributed by atoms with Crippen LogP contribution in [0.5, 0.6) is 5.75 Å². The smallest absolute Gasteiger partial charge is 0.248 e. The van der Waals surface area contributed by atoms with Gasteiger partial charge in [-0.05, 0) is 66.9 Å². The zero-order valence-corrected chi connectivity index (χ0v) is 20.0. The van der Waals surface area contributed by atoms with Crippen molar-refractivity contribution in [2.24, 2.45) is 0 Å². The molecule has 0 atom stereocenters. The van der Waals surface area contributed by atoms with E-state index in [0.717, 1.165) is 44.5 Å². The molecule has 0 saturated carbocycles. The second-order valence-electron chi connectivity index (χ2n) is 8.46. The number of aromatic nitrogens is 1. The number of amides is 1. The molecule has 5 heteroatoms. The van der Waals surface area contributed by atoms with Crippen molar-refractivity contribution in [2.45, 2.75) is 20.8 Å². The van der Waals surface area contributed by atoms with Crippen LogP contribution in [-0.2, 0) is 4.79 Å². The Morgan fingerprint density at radius 1 is 1.09 bits per heavy atom. The summed E-state index contributed by atoms with van der Waals surface area (Å²) >= 11 is 0. The number of carbonyl (C=O) groups is 1. The maximum absolute atomic E-state index is 12.7. The summed E-state index contributed by atoms with van der Waals surface area (Å²) in [6.45, 7) is 6.37. The lowest BCUT2D eigenvalue weighted by Gasteiger charge is -2.15. The van der Waals surface area contributed by atoms with Crippen LogP contribution in [0.2, 0.25) is 0 Å². The van der Waals surface area contributed by atoms with Crippen molar-refractivity contribution in [3.8, 4) is 16.9 Å². The molecule has 1 N–H and O–H groups in total. The number of nitrogens with zero attached hydrogens (tertiary/aromatic N) is 1. The number of benzene rings is 3. The molecule has 0 aliphatic heterocycles. The molecule has 35 heavy (non-hydrogen) atoms. The minimum atomic E-state index is -0.224. The summed E-state index contributed by atoms with van der Waals surface area (Å²) in [7, 11) is 0. The van der Waals surface area contributed by atoms with Gasteiger partial charge >= 0.3 is 0 Å². The second-order valence-corrected chi connectivity index (χ2v) is 8.46. The first kappa shape index (κ1) is 22.4. The highest BCUT2D eigenvalue weighted by molar-refractivity contribution is 6.06. The second kappa shape index (κ2) is 9.47. The molecule has 5 nitrogen and oxygen atoms in total. The molecule has 0 bridgehead atoms. The molecule has 5 rings (SSSR count). The van der Waals surface area contributed by atoms with Gasteiger partial charge in [0.25, 0.3) is 0 Å². The molecule has 174 valence electrons. The highest BCUT2D eigenvalue weighted by Crippen LogP contribution is 2.41. The molecule has 3 aromatic carbocycles. The number of hydrogen-bond donors (Lipinski definition) is 1. The lowest BCUT2D eigenvalue weighted by Crippen LogP contribution is -2.09. The van der Waals surface area contributed by atoms with Crippen LogP contribution < -0.4 is 10.1 Å². The first-order chi connectivity index (χ1) is 17.0. The quantitative estimate of drug-likeness (QED) is 0.267. The van der Waals surface area contributed by atoms with Crippen LogP contribution in [0.3, 0.4) is 0 Å². The Morgan fingerprint density at radius 2 is 1.91 bits per heavy atom. The van der Waals surface area contributed by atoms with Crippen molar-refractivity contribution in [1.29, 1.82) is 0 Å². The molecule has 2 aromatic heterocycles. The average Bonchev–Trinajstić information content (AvgIpc) is 3.30. The molecule has 2 heterocycles. The number of pyridine rings is 1. The zero-order valence-electron chi connectivity index (χ0n) is 20.0. The van der Waals surface area contributed by atoms with Gasteiger partial charge in [0.05, 0.1) is 24.8 Å². The van der Waals surface area contributed by atoms with Gasteiger partial charge in [0.1, 0.15) is 11.3 Å². The molecule has 0 aliphatic carbocycles. The predicted molar refractivity (Wildman–Crippen MR) is 142 cm³/mol. The number of anilines is 1. The lowest BCUT2D eigenvalue weighted by atomic mass is 9.95. The minimum absolute atomic E-state index is 0.224. The number of carbonyl (C=O) groups excluding carboxylic acids is 1. The van der Waals surface area contributed by atoms with E-state index in [-0.39, 0.29) is 5.91 Å². The third-order valence-corrected chi connectivity index (χ3v) is 6.09. The predicted octanol–water partition coefficient (Wildman–Crippen LogP) is 7.40. The van der Waals surface area contributed by atoms with Crippen LogP contribution in [0.4, 0.5) is 5.69 Å². The minimum Gasteiger partial charge on any atom is -0.493 e. The van der Waals surface area contributed by atoms with Crippen molar-refractivity contribution >= 4 is 38.9 Å². The Labute approximate surface area is 204 Å². The molecule has 0 aliphatic rings. The van der Waals surface area contributed by atoms with Gasteiger partial charge in [0.15, 0.2) is 0 Å². The SMILES string of the molecule is CCOc1c(/C(C)=C/C(=O)Nc2cccnc2)cc2c(-c3ccc4ccccc4c3)coc2c1C. The van der Waals surface area contributed by atoms with Crippen molar-refractivity contribution in [3.63, 3.8) is 0 Å². The summed E-state index contributed by atoms with van der Waals surface area (Å²) in [5.74, 6) is 0.500. The van der Waals surface area contributed by atoms with E-state index in [0.29, 0.717) is 12.3 Å². The third-order valence-electron chi connectivity index (χ3n) is 6.09. The Kier molecular flexibility index (Phi) is 6.06. The van der Waals surface area contributed by atoms with Crippen molar-refractivity contribution in [2.75, 3.05) is 11.9 Å². The Balaban J connectivity index is 1.60. The molecule has 0 saturated heterocycles. The standard InChI is InChI=1S/C30H26N2O3/c1-4-34-29-20(3)30-26(16-25(29)19(2)14-28(33)32-24-10-7-13-31-17-24)27(18-35-30)23-12-11-21-8-5-6-9-22(21)15-23/h5-18H,4H2,1-3H3,(H,32,33)/b19-14+. The first-order valence-corrected chi connectivity index (χ1v) is 11.6. The Morgan fingerprint density at radius 3 is 2.69 bits per heavy atom. The van der Waals surface area contributed by atoms with Gasteiger partial charge in [-0.15, -0.1) is 0 Å². The van der Waals surface area contributed by atoms with Gasteiger partial charge in [0.2, 0.25) is 5.91 Å². The monoisotopic (exact) mass is 462 g/mol. The average molecular weight is 463 g/mol. The maximum atomic E-state index is 12.7. The van der Waals surface area contributed by atoms with E-state index >= 15 is 0 Å². The van der Waals surface area contributed by atoms with E-state index in [2.05, 4.69) is 46.7 Å². The van der Waals surface area contributed by atoms with Gasteiger partial charge in [0, 0.05) is 34.3 Å². The van der Waals surface area contributed by atoms with E-state index in [9.17, 15) is 4.79 Å². The highest BCUT2D eigenvalue weighted by atomic mass is 16.5. The largest absolute Gasteiger partial charge is 0.493 e. The van der Waals surface area contributed by atoms with Gasteiger partial charge < -0.3 is 14.5 Å². The van der Waals surface area contributed by atoms with Crippen molar-refractivity contribution < 1.29 is 13.9 Å². The molecular formula is C30H26N2O3. The molecule has 0 unspecified atom stereocenters. The normalized spacial score (nSPS) is 11.7. The Hall–Kier alpha value is -4.38. The van der Waals surface area contributed by atoms with Crippen molar-refractivity contribution in [1.82, 2.24) is 4.98 Å². The number of fused-ring (bicyclic) bond motifs is 2.